The average molecular weight is 244 g/mol. The third-order valence-electron chi connectivity index (χ3n) is 3.17. The Morgan fingerprint density at radius 3 is 2.17 bits per heavy atom. The van der Waals surface area contributed by atoms with Crippen LogP contribution in [0.3, 0.4) is 0 Å². The molecular weight excluding hydrogens is 224 g/mol. The van der Waals surface area contributed by atoms with Gasteiger partial charge >= 0.3 is 5.69 Å². The van der Waals surface area contributed by atoms with Crippen LogP contribution < -0.4 is 5.69 Å². The average Bonchev–Trinajstić information content (AvgIpc) is 2.73. The van der Waals surface area contributed by atoms with Crippen LogP contribution in [-0.4, -0.2) is 9.13 Å². The monoisotopic (exact) mass is 244 g/mol. The Kier molecular flexibility index (Phi) is 4.03. The Morgan fingerprint density at radius 1 is 0.944 bits per heavy atom. The van der Waals surface area contributed by atoms with E-state index in [4.69, 9.17) is 0 Å². The lowest BCUT2D eigenvalue weighted by atomic mass is 10.1. The van der Waals surface area contributed by atoms with Gasteiger partial charge in [-0.3, -0.25) is 9.13 Å². The Hall–Kier alpha value is -1.77. The third-order valence-corrected chi connectivity index (χ3v) is 3.17. The molecule has 0 N–H and O–H groups in total. The summed E-state index contributed by atoms with van der Waals surface area (Å²) in [7, 11) is 0. The van der Waals surface area contributed by atoms with Gasteiger partial charge in [-0.2, -0.15) is 0 Å². The highest BCUT2D eigenvalue weighted by molar-refractivity contribution is 5.22. The summed E-state index contributed by atoms with van der Waals surface area (Å²) in [6.07, 6.45) is 5.76. The fourth-order valence-electron chi connectivity index (χ4n) is 2.06. The zero-order valence-electron chi connectivity index (χ0n) is 11.1. The molecule has 0 amide bonds. The molecule has 3 nitrogen and oxygen atoms in total. The molecule has 0 aliphatic rings. The zero-order chi connectivity index (χ0) is 13.0. The number of benzene rings is 1. The molecule has 0 spiro atoms. The standard InChI is InChI=1S/C15H20N2O/c1-3-9-16-10-11-17(15(16)18)12-14-7-5-13(4-2)6-8-14/h5-8,10-11H,3-4,9,12H2,1-2H3. The molecule has 3 heteroatoms. The molecular formula is C15H20N2O. The summed E-state index contributed by atoms with van der Waals surface area (Å²) in [5.41, 5.74) is 2.58. The van der Waals surface area contributed by atoms with Crippen molar-refractivity contribution in [2.75, 3.05) is 0 Å². The first-order valence-corrected chi connectivity index (χ1v) is 6.58. The van der Waals surface area contributed by atoms with Crippen LogP contribution in [0.4, 0.5) is 0 Å². The zero-order valence-corrected chi connectivity index (χ0v) is 11.1. The molecule has 0 radical (unpaired) electrons. The van der Waals surface area contributed by atoms with Gasteiger partial charge < -0.3 is 0 Å². The molecule has 2 aromatic rings. The summed E-state index contributed by atoms with van der Waals surface area (Å²) in [5, 5.41) is 0. The van der Waals surface area contributed by atoms with E-state index in [0.717, 1.165) is 19.4 Å². The van der Waals surface area contributed by atoms with Gasteiger partial charge in [0.15, 0.2) is 0 Å². The van der Waals surface area contributed by atoms with Gasteiger partial charge in [0.25, 0.3) is 0 Å². The summed E-state index contributed by atoms with van der Waals surface area (Å²) in [6.45, 7) is 5.66. The van der Waals surface area contributed by atoms with E-state index in [2.05, 4.69) is 38.1 Å². The molecule has 1 aromatic carbocycles. The minimum Gasteiger partial charge on any atom is -0.299 e. The molecule has 0 saturated heterocycles. The van der Waals surface area contributed by atoms with Crippen molar-refractivity contribution < 1.29 is 0 Å². The number of aromatic nitrogens is 2. The van der Waals surface area contributed by atoms with Gasteiger partial charge in [0.1, 0.15) is 0 Å². The topological polar surface area (TPSA) is 26.9 Å². The highest BCUT2D eigenvalue weighted by Gasteiger charge is 2.03. The number of imidazole rings is 1. The van der Waals surface area contributed by atoms with Gasteiger partial charge in [-0.25, -0.2) is 4.79 Å². The number of hydrogen-bond donors (Lipinski definition) is 0. The largest absolute Gasteiger partial charge is 0.328 e. The van der Waals surface area contributed by atoms with Crippen molar-refractivity contribution in [3.05, 3.63) is 58.3 Å². The predicted molar refractivity (Wildman–Crippen MR) is 73.9 cm³/mol. The van der Waals surface area contributed by atoms with Crippen LogP contribution in [-0.2, 0) is 19.5 Å². The van der Waals surface area contributed by atoms with Gasteiger partial charge in [0.05, 0.1) is 6.54 Å². The van der Waals surface area contributed by atoms with Crippen LogP contribution in [0, 0.1) is 0 Å². The molecule has 0 atom stereocenters. The van der Waals surface area contributed by atoms with Crippen LogP contribution in [0.15, 0.2) is 41.5 Å². The van der Waals surface area contributed by atoms with Gasteiger partial charge in [0.2, 0.25) is 0 Å². The van der Waals surface area contributed by atoms with Crippen LogP contribution in [0.2, 0.25) is 0 Å². The molecule has 96 valence electrons. The second-order valence-corrected chi connectivity index (χ2v) is 4.57. The summed E-state index contributed by atoms with van der Waals surface area (Å²) in [6, 6.07) is 8.46. The molecule has 2 rings (SSSR count). The molecule has 1 aromatic heterocycles. The Morgan fingerprint density at radius 2 is 1.56 bits per heavy atom. The molecule has 18 heavy (non-hydrogen) atoms. The van der Waals surface area contributed by atoms with Crippen LogP contribution in [0.25, 0.3) is 0 Å². The van der Waals surface area contributed by atoms with Crippen LogP contribution in [0.5, 0.6) is 0 Å². The molecule has 0 saturated carbocycles. The minimum absolute atomic E-state index is 0.0800. The fraction of sp³-hybridized carbons (Fsp3) is 0.400. The second kappa shape index (κ2) is 5.71. The normalized spacial score (nSPS) is 10.8. The van der Waals surface area contributed by atoms with Crippen molar-refractivity contribution in [1.82, 2.24) is 9.13 Å². The number of rotatable bonds is 5. The first kappa shape index (κ1) is 12.7. The molecule has 1 heterocycles. The van der Waals surface area contributed by atoms with Crippen molar-refractivity contribution in [1.29, 1.82) is 0 Å². The van der Waals surface area contributed by atoms with Crippen molar-refractivity contribution in [3.63, 3.8) is 0 Å². The van der Waals surface area contributed by atoms with Crippen molar-refractivity contribution in [2.24, 2.45) is 0 Å². The van der Waals surface area contributed by atoms with Gasteiger partial charge in [-0.1, -0.05) is 38.1 Å². The lowest BCUT2D eigenvalue weighted by Crippen LogP contribution is -2.24. The molecule has 0 aliphatic heterocycles. The number of nitrogens with zero attached hydrogens (tertiary/aromatic N) is 2. The van der Waals surface area contributed by atoms with E-state index in [1.807, 2.05) is 12.4 Å². The summed E-state index contributed by atoms with van der Waals surface area (Å²) in [5.74, 6) is 0. The van der Waals surface area contributed by atoms with E-state index in [0.29, 0.717) is 6.54 Å². The fourth-order valence-corrected chi connectivity index (χ4v) is 2.06. The molecule has 0 bridgehead atoms. The molecule has 0 unspecified atom stereocenters. The van der Waals surface area contributed by atoms with E-state index >= 15 is 0 Å². The maximum absolute atomic E-state index is 12.0. The minimum atomic E-state index is 0.0800. The van der Waals surface area contributed by atoms with E-state index in [9.17, 15) is 4.79 Å². The van der Waals surface area contributed by atoms with E-state index in [1.54, 1.807) is 9.13 Å². The van der Waals surface area contributed by atoms with Gasteiger partial charge in [-0.15, -0.1) is 0 Å². The lowest BCUT2D eigenvalue weighted by Gasteiger charge is -2.03. The Labute approximate surface area is 108 Å². The smallest absolute Gasteiger partial charge is 0.299 e. The second-order valence-electron chi connectivity index (χ2n) is 4.57. The van der Waals surface area contributed by atoms with Crippen molar-refractivity contribution in [2.45, 2.75) is 39.8 Å². The van der Waals surface area contributed by atoms with E-state index in [-0.39, 0.29) is 5.69 Å². The van der Waals surface area contributed by atoms with Gasteiger partial charge in [0, 0.05) is 18.9 Å². The van der Waals surface area contributed by atoms with Crippen molar-refractivity contribution >= 4 is 0 Å². The lowest BCUT2D eigenvalue weighted by molar-refractivity contribution is 0.624. The number of aryl methyl sites for hydroxylation is 2. The predicted octanol–water partition coefficient (Wildman–Crippen LogP) is 2.67. The maximum atomic E-state index is 12.0. The number of hydrogen-bond acceptors (Lipinski definition) is 1. The first-order chi connectivity index (χ1) is 8.74. The third kappa shape index (κ3) is 2.73. The Bertz CT molecular complexity index is 549. The SMILES string of the molecule is CCCn1ccn(Cc2ccc(CC)cc2)c1=O. The van der Waals surface area contributed by atoms with E-state index in [1.165, 1.54) is 11.1 Å². The highest BCUT2D eigenvalue weighted by Crippen LogP contribution is 2.06. The van der Waals surface area contributed by atoms with Crippen molar-refractivity contribution in [3.8, 4) is 0 Å². The van der Waals surface area contributed by atoms with E-state index < -0.39 is 0 Å². The summed E-state index contributed by atoms with van der Waals surface area (Å²) < 4.78 is 3.52. The quantitative estimate of drug-likeness (QED) is 0.794. The Balaban J connectivity index is 2.15. The molecule has 0 aliphatic carbocycles. The van der Waals surface area contributed by atoms with Crippen LogP contribution >= 0.6 is 0 Å². The summed E-state index contributed by atoms with van der Waals surface area (Å²) in [4.78, 5) is 12.0. The first-order valence-electron chi connectivity index (χ1n) is 6.58. The molecule has 0 fully saturated rings. The maximum Gasteiger partial charge on any atom is 0.328 e. The van der Waals surface area contributed by atoms with Gasteiger partial charge in [-0.05, 0) is 24.0 Å². The van der Waals surface area contributed by atoms with Crippen LogP contribution in [0.1, 0.15) is 31.4 Å². The summed E-state index contributed by atoms with van der Waals surface area (Å²) >= 11 is 0. The highest BCUT2D eigenvalue weighted by atomic mass is 16.1.